The molecule has 1 saturated carbocycles. The average Bonchev–Trinajstić information content (AvgIpc) is 3.40. The summed E-state index contributed by atoms with van der Waals surface area (Å²) in [7, 11) is 1.53. The first-order valence-electron chi connectivity index (χ1n) is 7.50. The minimum atomic E-state index is -0.279. The van der Waals surface area contributed by atoms with Gasteiger partial charge in [0, 0.05) is 30.3 Å². The summed E-state index contributed by atoms with van der Waals surface area (Å²) in [5.41, 5.74) is 1.38. The van der Waals surface area contributed by atoms with Gasteiger partial charge in [0.15, 0.2) is 0 Å². The number of amides is 1. The Morgan fingerprint density at radius 1 is 1.39 bits per heavy atom. The number of carbonyl (C=O) groups excluding carboxylic acids is 1. The van der Waals surface area contributed by atoms with Gasteiger partial charge in [0.2, 0.25) is 11.8 Å². The lowest BCUT2D eigenvalue weighted by Crippen LogP contribution is -2.33. The summed E-state index contributed by atoms with van der Waals surface area (Å²) in [6.45, 7) is 0.189. The number of ether oxygens (including phenoxy) is 1. The fourth-order valence-electron chi connectivity index (χ4n) is 2.30. The normalized spacial score (nSPS) is 13.6. The maximum atomic E-state index is 12.1. The van der Waals surface area contributed by atoms with Gasteiger partial charge in [-0.3, -0.25) is 9.59 Å². The zero-order chi connectivity index (χ0) is 16.2. The van der Waals surface area contributed by atoms with Gasteiger partial charge < -0.3 is 10.1 Å². The van der Waals surface area contributed by atoms with Crippen LogP contribution in [-0.2, 0) is 17.9 Å². The molecule has 23 heavy (non-hydrogen) atoms. The number of pyridine rings is 1. The molecule has 1 fully saturated rings. The Balaban J connectivity index is 1.63. The molecule has 0 saturated heterocycles. The summed E-state index contributed by atoms with van der Waals surface area (Å²) in [5, 5.41) is 7.02. The van der Waals surface area contributed by atoms with Crippen molar-refractivity contribution >= 4 is 5.91 Å². The molecule has 7 heteroatoms. The summed E-state index contributed by atoms with van der Waals surface area (Å²) >= 11 is 0. The molecule has 2 aromatic heterocycles. The number of hydrogen-bond acceptors (Lipinski definition) is 5. The number of nitrogens with zero attached hydrogens (tertiary/aromatic N) is 3. The van der Waals surface area contributed by atoms with E-state index in [1.54, 1.807) is 18.3 Å². The third-order valence-corrected chi connectivity index (χ3v) is 3.70. The zero-order valence-corrected chi connectivity index (χ0v) is 12.9. The Labute approximate surface area is 133 Å². The SMILES string of the molecule is COc1ncccc1CNC(=O)Cn1nc(C2CC2)ccc1=O. The van der Waals surface area contributed by atoms with Crippen LogP contribution < -0.4 is 15.6 Å². The fourth-order valence-corrected chi connectivity index (χ4v) is 2.30. The first kappa shape index (κ1) is 15.2. The lowest BCUT2D eigenvalue weighted by molar-refractivity contribution is -0.122. The largest absolute Gasteiger partial charge is 0.481 e. The molecule has 7 nitrogen and oxygen atoms in total. The van der Waals surface area contributed by atoms with Crippen LogP contribution in [0.2, 0.25) is 0 Å². The van der Waals surface area contributed by atoms with Crippen LogP contribution in [0.4, 0.5) is 0 Å². The Hall–Kier alpha value is -2.70. The second kappa shape index (κ2) is 6.60. The van der Waals surface area contributed by atoms with E-state index >= 15 is 0 Å². The number of hydrogen-bond donors (Lipinski definition) is 1. The molecule has 0 aromatic carbocycles. The summed E-state index contributed by atoms with van der Waals surface area (Å²) in [5.74, 6) is 0.627. The van der Waals surface area contributed by atoms with Crippen molar-refractivity contribution in [3.8, 4) is 5.88 Å². The number of carbonyl (C=O) groups is 1. The van der Waals surface area contributed by atoms with Crippen molar-refractivity contribution in [3.63, 3.8) is 0 Å². The smallest absolute Gasteiger partial charge is 0.267 e. The molecule has 2 heterocycles. The topological polar surface area (TPSA) is 86.1 Å². The predicted molar refractivity (Wildman–Crippen MR) is 83.1 cm³/mol. The van der Waals surface area contributed by atoms with Crippen molar-refractivity contribution in [1.29, 1.82) is 0 Å². The molecule has 1 amide bonds. The Bertz CT molecular complexity index is 768. The van der Waals surface area contributed by atoms with E-state index in [9.17, 15) is 9.59 Å². The summed E-state index contributed by atoms with van der Waals surface area (Å²) in [6, 6.07) is 6.81. The Morgan fingerprint density at radius 3 is 2.96 bits per heavy atom. The number of aromatic nitrogens is 3. The number of nitrogens with one attached hydrogen (secondary N) is 1. The van der Waals surface area contributed by atoms with Crippen molar-refractivity contribution in [3.05, 3.63) is 52.1 Å². The molecular weight excluding hydrogens is 296 g/mol. The quantitative estimate of drug-likeness (QED) is 0.854. The molecule has 0 spiro atoms. The highest BCUT2D eigenvalue weighted by Gasteiger charge is 2.25. The van der Waals surface area contributed by atoms with E-state index in [1.165, 1.54) is 17.9 Å². The molecule has 120 valence electrons. The van der Waals surface area contributed by atoms with E-state index in [2.05, 4.69) is 15.4 Å². The third kappa shape index (κ3) is 3.74. The first-order chi connectivity index (χ1) is 11.2. The molecule has 1 N–H and O–H groups in total. The standard InChI is InChI=1S/C16H18N4O3/c1-23-16-12(3-2-8-17-16)9-18-14(21)10-20-15(22)7-6-13(19-20)11-4-5-11/h2-3,6-8,11H,4-5,9-10H2,1H3,(H,18,21). The van der Waals surface area contributed by atoms with Gasteiger partial charge in [-0.25, -0.2) is 9.67 Å². The summed E-state index contributed by atoms with van der Waals surface area (Å²) in [6.07, 6.45) is 3.81. The predicted octanol–water partition coefficient (Wildman–Crippen LogP) is 0.841. The van der Waals surface area contributed by atoms with Crippen LogP contribution >= 0.6 is 0 Å². The number of rotatable bonds is 6. The van der Waals surface area contributed by atoms with Gasteiger partial charge in [0.1, 0.15) is 6.54 Å². The molecule has 1 aliphatic carbocycles. The minimum Gasteiger partial charge on any atom is -0.481 e. The Morgan fingerprint density at radius 2 is 2.22 bits per heavy atom. The van der Waals surface area contributed by atoms with Crippen LogP contribution in [0, 0.1) is 0 Å². The second-order valence-electron chi connectivity index (χ2n) is 5.48. The minimum absolute atomic E-state index is 0.0953. The van der Waals surface area contributed by atoms with E-state index in [4.69, 9.17) is 4.74 Å². The van der Waals surface area contributed by atoms with Crippen molar-refractivity contribution in [2.24, 2.45) is 0 Å². The van der Waals surface area contributed by atoms with Gasteiger partial charge in [-0.1, -0.05) is 6.07 Å². The van der Waals surface area contributed by atoms with Crippen LogP contribution in [0.25, 0.3) is 0 Å². The van der Waals surface area contributed by atoms with Gasteiger partial charge in [-0.15, -0.1) is 0 Å². The summed E-state index contributed by atoms with van der Waals surface area (Å²) < 4.78 is 6.35. The molecular formula is C16H18N4O3. The molecule has 0 aliphatic heterocycles. The van der Waals surface area contributed by atoms with E-state index in [0.29, 0.717) is 11.8 Å². The molecule has 1 aliphatic rings. The highest BCUT2D eigenvalue weighted by atomic mass is 16.5. The van der Waals surface area contributed by atoms with Crippen LogP contribution in [0.5, 0.6) is 5.88 Å². The van der Waals surface area contributed by atoms with E-state index in [0.717, 1.165) is 24.1 Å². The highest BCUT2D eigenvalue weighted by molar-refractivity contribution is 5.75. The van der Waals surface area contributed by atoms with Crippen molar-refractivity contribution in [2.45, 2.75) is 31.8 Å². The first-order valence-corrected chi connectivity index (χ1v) is 7.50. The average molecular weight is 314 g/mol. The summed E-state index contributed by atoms with van der Waals surface area (Å²) in [4.78, 5) is 27.9. The van der Waals surface area contributed by atoms with Gasteiger partial charge in [0.05, 0.1) is 12.8 Å². The van der Waals surface area contributed by atoms with E-state index < -0.39 is 0 Å². The molecule has 0 radical (unpaired) electrons. The zero-order valence-electron chi connectivity index (χ0n) is 12.9. The molecule has 0 atom stereocenters. The van der Waals surface area contributed by atoms with Crippen LogP contribution in [0.15, 0.2) is 35.3 Å². The third-order valence-electron chi connectivity index (χ3n) is 3.70. The Kier molecular flexibility index (Phi) is 4.36. The second-order valence-corrected chi connectivity index (χ2v) is 5.48. The van der Waals surface area contributed by atoms with Crippen LogP contribution in [0.3, 0.4) is 0 Å². The fraction of sp³-hybridized carbons (Fsp3) is 0.375. The maximum absolute atomic E-state index is 12.1. The lowest BCUT2D eigenvalue weighted by Gasteiger charge is -2.09. The number of methoxy groups -OCH3 is 1. The lowest BCUT2D eigenvalue weighted by atomic mass is 10.2. The van der Waals surface area contributed by atoms with Crippen molar-refractivity contribution in [2.75, 3.05) is 7.11 Å². The van der Waals surface area contributed by atoms with Crippen LogP contribution in [-0.4, -0.2) is 27.8 Å². The van der Waals surface area contributed by atoms with Crippen molar-refractivity contribution < 1.29 is 9.53 Å². The monoisotopic (exact) mass is 314 g/mol. The molecule has 0 bridgehead atoms. The van der Waals surface area contributed by atoms with E-state index in [-0.39, 0.29) is 24.6 Å². The van der Waals surface area contributed by atoms with Gasteiger partial charge in [0.25, 0.3) is 5.56 Å². The van der Waals surface area contributed by atoms with E-state index in [1.807, 2.05) is 6.07 Å². The van der Waals surface area contributed by atoms with Gasteiger partial charge in [-0.05, 0) is 25.0 Å². The molecule has 0 unspecified atom stereocenters. The molecule has 2 aromatic rings. The highest BCUT2D eigenvalue weighted by Crippen LogP contribution is 2.38. The maximum Gasteiger partial charge on any atom is 0.267 e. The van der Waals surface area contributed by atoms with Gasteiger partial charge in [-0.2, -0.15) is 5.10 Å². The molecule has 3 rings (SSSR count). The van der Waals surface area contributed by atoms with Crippen molar-refractivity contribution in [1.82, 2.24) is 20.1 Å². The van der Waals surface area contributed by atoms with Gasteiger partial charge >= 0.3 is 0 Å². The van der Waals surface area contributed by atoms with Crippen LogP contribution in [0.1, 0.15) is 30.0 Å².